The molecule has 0 aliphatic heterocycles. The Bertz CT molecular complexity index is 3080. The number of fused-ring (bicyclic) bond motifs is 15. The number of rotatable bonds is 3. The molecule has 0 spiro atoms. The van der Waals surface area contributed by atoms with E-state index in [0.717, 1.165) is 28.2 Å². The van der Waals surface area contributed by atoms with Crippen LogP contribution in [-0.4, -0.2) is 9.55 Å². The summed E-state index contributed by atoms with van der Waals surface area (Å²) < 4.78 is 5.22. The molecule has 0 atom stereocenters. The van der Waals surface area contributed by atoms with Gasteiger partial charge in [0.05, 0.1) is 28.1 Å². The molecule has 0 fully saturated rings. The van der Waals surface area contributed by atoms with E-state index in [1.807, 2.05) is 11.3 Å². The fourth-order valence-electron chi connectivity index (χ4n) is 8.24. The van der Waals surface area contributed by atoms with Crippen molar-refractivity contribution in [1.29, 1.82) is 0 Å². The van der Waals surface area contributed by atoms with Gasteiger partial charge >= 0.3 is 0 Å². The second-order valence-corrected chi connectivity index (χ2v) is 14.1. The van der Waals surface area contributed by atoms with Crippen molar-refractivity contribution in [2.24, 2.45) is 0 Å². The van der Waals surface area contributed by atoms with E-state index >= 15 is 0 Å². The molecule has 3 heterocycles. The number of nitrogens with zero attached hydrogens (tertiary/aromatic N) is 2. The Balaban J connectivity index is 1.46. The summed E-state index contributed by atoms with van der Waals surface area (Å²) in [7, 11) is 0. The molecule has 0 radical (unpaired) electrons. The normalized spacial score (nSPS) is 12.0. The van der Waals surface area contributed by atoms with E-state index in [4.69, 9.17) is 4.98 Å². The third kappa shape index (κ3) is 3.87. The van der Waals surface area contributed by atoms with Gasteiger partial charge in [-0.15, -0.1) is 11.3 Å². The quantitative estimate of drug-likeness (QED) is 0.174. The summed E-state index contributed by atoms with van der Waals surface area (Å²) in [4.78, 5) is 5.29. The second-order valence-electron chi connectivity index (χ2n) is 13.0. The van der Waals surface area contributed by atoms with E-state index < -0.39 is 0 Å². The lowest BCUT2D eigenvalue weighted by Crippen LogP contribution is -1.99. The Labute approximate surface area is 292 Å². The summed E-state index contributed by atoms with van der Waals surface area (Å²) in [6, 6.07) is 61.6. The molecule has 0 N–H and O–H groups in total. The van der Waals surface area contributed by atoms with E-state index in [1.165, 1.54) is 74.3 Å². The van der Waals surface area contributed by atoms with E-state index in [2.05, 4.69) is 174 Å². The highest BCUT2D eigenvalue weighted by Crippen LogP contribution is 2.51. The highest BCUT2D eigenvalue weighted by atomic mass is 32.1. The number of pyridine rings is 1. The molecule has 3 heteroatoms. The van der Waals surface area contributed by atoms with Crippen molar-refractivity contribution in [2.75, 3.05) is 0 Å². The summed E-state index contributed by atoms with van der Waals surface area (Å²) in [5.41, 5.74) is 7.66. The van der Waals surface area contributed by atoms with Crippen molar-refractivity contribution >= 4 is 85.6 Å². The van der Waals surface area contributed by atoms with E-state index in [1.54, 1.807) is 0 Å². The maximum atomic E-state index is 5.29. The molecule has 0 aliphatic rings. The van der Waals surface area contributed by atoms with Crippen LogP contribution in [0.15, 0.2) is 170 Å². The van der Waals surface area contributed by atoms with Crippen LogP contribution in [0.4, 0.5) is 0 Å². The lowest BCUT2D eigenvalue weighted by Gasteiger charge is -2.16. The fourth-order valence-corrected chi connectivity index (χ4v) is 9.49. The summed E-state index contributed by atoms with van der Waals surface area (Å²) in [5, 5.41) is 12.9. The van der Waals surface area contributed by atoms with Crippen molar-refractivity contribution in [3.63, 3.8) is 0 Å². The largest absolute Gasteiger partial charge is 0.308 e. The SMILES string of the molecule is c1ccc(-c2cc(-n3c4c5ccccc5c5ccccc5c4c4c5c6ccccc6sc5c5ccccc5c43)cc(-c3ccccc3)n2)cc1. The van der Waals surface area contributed by atoms with Crippen molar-refractivity contribution < 1.29 is 0 Å². The zero-order valence-electron chi connectivity index (χ0n) is 27.0. The molecule has 2 nitrogen and oxygen atoms in total. The van der Waals surface area contributed by atoms with Crippen LogP contribution >= 0.6 is 11.3 Å². The number of thiophene rings is 1. The fraction of sp³-hybridized carbons (Fsp3) is 0. The molecular formula is C47H28N2S. The Morgan fingerprint density at radius 3 is 1.48 bits per heavy atom. The van der Waals surface area contributed by atoms with Crippen LogP contribution in [-0.2, 0) is 0 Å². The molecule has 0 bridgehead atoms. The van der Waals surface area contributed by atoms with Gasteiger partial charge in [0.15, 0.2) is 0 Å². The molecule has 0 amide bonds. The van der Waals surface area contributed by atoms with Crippen LogP contribution in [0.5, 0.6) is 0 Å². The molecule has 0 unspecified atom stereocenters. The van der Waals surface area contributed by atoms with Crippen LogP contribution in [0.2, 0.25) is 0 Å². The van der Waals surface area contributed by atoms with Gasteiger partial charge in [0, 0.05) is 58.2 Å². The van der Waals surface area contributed by atoms with Crippen molar-refractivity contribution in [2.45, 2.75) is 0 Å². The first kappa shape index (κ1) is 27.6. The Hall–Kier alpha value is -6.29. The number of hydrogen-bond acceptors (Lipinski definition) is 2. The first-order valence-electron chi connectivity index (χ1n) is 17.1. The number of hydrogen-bond donors (Lipinski definition) is 0. The molecule has 0 aliphatic carbocycles. The monoisotopic (exact) mass is 652 g/mol. The molecule has 0 saturated heterocycles. The number of benzene rings is 8. The summed E-state index contributed by atoms with van der Waals surface area (Å²) in [5.74, 6) is 0. The highest BCUT2D eigenvalue weighted by Gasteiger charge is 2.25. The van der Waals surface area contributed by atoms with Gasteiger partial charge < -0.3 is 4.57 Å². The lowest BCUT2D eigenvalue weighted by atomic mass is 9.94. The summed E-state index contributed by atoms with van der Waals surface area (Å²) >= 11 is 1.91. The smallest absolute Gasteiger partial charge is 0.0730 e. The zero-order chi connectivity index (χ0) is 32.8. The molecular weight excluding hydrogens is 625 g/mol. The van der Waals surface area contributed by atoms with Gasteiger partial charge in [0.1, 0.15) is 0 Å². The molecule has 50 heavy (non-hydrogen) atoms. The zero-order valence-corrected chi connectivity index (χ0v) is 27.8. The predicted octanol–water partition coefficient (Wildman–Crippen LogP) is 13.3. The molecule has 8 aromatic carbocycles. The minimum atomic E-state index is 0.952. The molecule has 11 aromatic rings. The Kier molecular flexibility index (Phi) is 5.86. The van der Waals surface area contributed by atoms with E-state index in [9.17, 15) is 0 Å². The van der Waals surface area contributed by atoms with Gasteiger partial charge in [-0.25, -0.2) is 4.98 Å². The minimum absolute atomic E-state index is 0.952. The van der Waals surface area contributed by atoms with Gasteiger partial charge in [0.2, 0.25) is 0 Å². The predicted molar refractivity (Wildman–Crippen MR) is 215 cm³/mol. The molecule has 0 saturated carbocycles. The first-order chi connectivity index (χ1) is 24.8. The topological polar surface area (TPSA) is 17.8 Å². The standard InChI is InChI=1S/C47H28N2S/c1-3-15-29(16-4-1)39-27-31(28-40(48-39)30-17-5-2-6-18-30)49-45-35-22-10-8-20-33(35)32-19-7-9-21-34(32)42(45)44-43-38-25-13-14-26-41(38)50-47(43)37-24-12-11-23-36(37)46(44)49/h1-28H. The van der Waals surface area contributed by atoms with Gasteiger partial charge in [-0.05, 0) is 34.4 Å². The minimum Gasteiger partial charge on any atom is -0.308 e. The van der Waals surface area contributed by atoms with Crippen molar-refractivity contribution in [3.8, 4) is 28.2 Å². The van der Waals surface area contributed by atoms with Crippen LogP contribution in [0.25, 0.3) is 102 Å². The van der Waals surface area contributed by atoms with Crippen LogP contribution in [0.3, 0.4) is 0 Å². The van der Waals surface area contributed by atoms with Gasteiger partial charge in [0.25, 0.3) is 0 Å². The molecule has 11 rings (SSSR count). The number of aromatic nitrogens is 2. The van der Waals surface area contributed by atoms with E-state index in [-0.39, 0.29) is 0 Å². The molecule has 3 aromatic heterocycles. The highest BCUT2D eigenvalue weighted by molar-refractivity contribution is 7.27. The van der Waals surface area contributed by atoms with Crippen molar-refractivity contribution in [1.82, 2.24) is 9.55 Å². The molecule has 232 valence electrons. The van der Waals surface area contributed by atoms with Gasteiger partial charge in [-0.1, -0.05) is 152 Å². The van der Waals surface area contributed by atoms with E-state index in [0.29, 0.717) is 0 Å². The maximum absolute atomic E-state index is 5.29. The van der Waals surface area contributed by atoms with Crippen molar-refractivity contribution in [3.05, 3.63) is 170 Å². The average Bonchev–Trinajstić information content (AvgIpc) is 3.76. The summed E-state index contributed by atoms with van der Waals surface area (Å²) in [6.07, 6.45) is 0. The second kappa shape index (κ2) is 10.6. The third-order valence-corrected chi connectivity index (χ3v) is 11.5. The van der Waals surface area contributed by atoms with Crippen LogP contribution in [0.1, 0.15) is 0 Å². The van der Waals surface area contributed by atoms with Gasteiger partial charge in [-0.2, -0.15) is 0 Å². The van der Waals surface area contributed by atoms with Gasteiger partial charge in [-0.3, -0.25) is 0 Å². The average molecular weight is 653 g/mol. The summed E-state index contributed by atoms with van der Waals surface area (Å²) in [6.45, 7) is 0. The Morgan fingerprint density at radius 2 is 0.840 bits per heavy atom. The first-order valence-corrected chi connectivity index (χ1v) is 17.9. The maximum Gasteiger partial charge on any atom is 0.0730 e. The lowest BCUT2D eigenvalue weighted by molar-refractivity contribution is 1.17. The third-order valence-electron chi connectivity index (χ3n) is 10.3. The Morgan fingerprint density at radius 1 is 0.380 bits per heavy atom. The van der Waals surface area contributed by atoms with Crippen LogP contribution in [0, 0.1) is 0 Å². The van der Waals surface area contributed by atoms with Crippen LogP contribution < -0.4 is 0 Å².